The van der Waals surface area contributed by atoms with Crippen molar-refractivity contribution in [3.63, 3.8) is 0 Å². The highest BCUT2D eigenvalue weighted by Crippen LogP contribution is 2.33. The monoisotopic (exact) mass is 370 g/mol. The van der Waals surface area contributed by atoms with Gasteiger partial charge in [0, 0.05) is 5.92 Å². The zero-order valence-corrected chi connectivity index (χ0v) is 15.8. The SMILES string of the molecule is C=C[C@@H](CC(C(=O)OCC)C(=O)OCC)[C@@H](O)c1cccc2ccccc12. The van der Waals surface area contributed by atoms with Gasteiger partial charge in [0.1, 0.15) is 0 Å². The minimum atomic E-state index is -1.10. The number of aliphatic hydroxyl groups excluding tert-OH is 1. The van der Waals surface area contributed by atoms with Gasteiger partial charge in [-0.25, -0.2) is 0 Å². The number of esters is 2. The number of ether oxygens (including phenoxy) is 2. The van der Waals surface area contributed by atoms with E-state index >= 15 is 0 Å². The lowest BCUT2D eigenvalue weighted by molar-refractivity contribution is -0.162. The maximum atomic E-state index is 12.2. The van der Waals surface area contributed by atoms with Crippen LogP contribution in [0.4, 0.5) is 0 Å². The summed E-state index contributed by atoms with van der Waals surface area (Å²) in [6, 6.07) is 13.4. The van der Waals surface area contributed by atoms with Gasteiger partial charge in [0.2, 0.25) is 0 Å². The summed E-state index contributed by atoms with van der Waals surface area (Å²) in [5.41, 5.74) is 0.726. The Morgan fingerprint density at radius 1 is 1.04 bits per heavy atom. The Morgan fingerprint density at radius 2 is 1.63 bits per heavy atom. The summed E-state index contributed by atoms with van der Waals surface area (Å²) in [6.07, 6.45) is 0.712. The second-order valence-corrected chi connectivity index (χ2v) is 6.21. The van der Waals surface area contributed by atoms with Crippen molar-refractivity contribution in [3.8, 4) is 0 Å². The molecular weight excluding hydrogens is 344 g/mol. The lowest BCUT2D eigenvalue weighted by atomic mass is 9.85. The highest BCUT2D eigenvalue weighted by molar-refractivity contribution is 5.95. The van der Waals surface area contributed by atoms with Crippen molar-refractivity contribution in [3.05, 3.63) is 60.7 Å². The fraction of sp³-hybridized carbons (Fsp3) is 0.364. The van der Waals surface area contributed by atoms with E-state index in [0.29, 0.717) is 0 Å². The minimum absolute atomic E-state index is 0.0611. The minimum Gasteiger partial charge on any atom is -0.465 e. The van der Waals surface area contributed by atoms with Crippen LogP contribution in [0.2, 0.25) is 0 Å². The Labute approximate surface area is 159 Å². The van der Waals surface area contributed by atoms with Gasteiger partial charge in [-0.3, -0.25) is 9.59 Å². The van der Waals surface area contributed by atoms with Crippen LogP contribution in [0.1, 0.15) is 31.9 Å². The van der Waals surface area contributed by atoms with Crippen molar-refractivity contribution in [2.75, 3.05) is 13.2 Å². The number of benzene rings is 2. The summed E-state index contributed by atoms with van der Waals surface area (Å²) in [5.74, 6) is -2.91. The molecule has 0 amide bonds. The van der Waals surface area contributed by atoms with Crippen molar-refractivity contribution in [2.45, 2.75) is 26.4 Å². The molecule has 0 aliphatic carbocycles. The summed E-state index contributed by atoms with van der Waals surface area (Å²) < 4.78 is 10.0. The Kier molecular flexibility index (Phi) is 7.55. The molecule has 0 spiro atoms. The molecule has 1 N–H and O–H groups in total. The number of rotatable bonds is 9. The average Bonchev–Trinajstić information content (AvgIpc) is 2.68. The maximum Gasteiger partial charge on any atom is 0.320 e. The van der Waals surface area contributed by atoms with Gasteiger partial charge in [0.15, 0.2) is 5.92 Å². The zero-order valence-electron chi connectivity index (χ0n) is 15.8. The summed E-state index contributed by atoms with van der Waals surface area (Å²) in [6.45, 7) is 7.47. The smallest absolute Gasteiger partial charge is 0.320 e. The van der Waals surface area contributed by atoms with Gasteiger partial charge >= 0.3 is 11.9 Å². The molecule has 27 heavy (non-hydrogen) atoms. The van der Waals surface area contributed by atoms with E-state index in [2.05, 4.69) is 6.58 Å². The molecule has 0 unspecified atom stereocenters. The first kappa shape index (κ1) is 20.6. The van der Waals surface area contributed by atoms with Gasteiger partial charge in [-0.05, 0) is 36.6 Å². The molecule has 0 saturated carbocycles. The molecule has 144 valence electrons. The summed E-state index contributed by atoms with van der Waals surface area (Å²) >= 11 is 0. The molecule has 2 aromatic rings. The molecule has 5 nitrogen and oxygen atoms in total. The first-order valence-corrected chi connectivity index (χ1v) is 9.15. The van der Waals surface area contributed by atoms with Crippen LogP contribution in [-0.4, -0.2) is 30.3 Å². The maximum absolute atomic E-state index is 12.2. The van der Waals surface area contributed by atoms with Gasteiger partial charge in [-0.1, -0.05) is 48.5 Å². The molecule has 0 heterocycles. The highest BCUT2D eigenvalue weighted by atomic mass is 16.6. The third kappa shape index (κ3) is 4.95. The predicted octanol–water partition coefficient (Wildman–Crippen LogP) is 3.81. The third-order valence-electron chi connectivity index (χ3n) is 4.50. The van der Waals surface area contributed by atoms with Crippen molar-refractivity contribution < 1.29 is 24.2 Å². The molecule has 0 aliphatic heterocycles. The van der Waals surface area contributed by atoms with Crippen LogP contribution in [0.3, 0.4) is 0 Å². The second-order valence-electron chi connectivity index (χ2n) is 6.21. The Bertz CT molecular complexity index is 775. The van der Waals surface area contributed by atoms with E-state index in [9.17, 15) is 14.7 Å². The zero-order chi connectivity index (χ0) is 19.8. The average molecular weight is 370 g/mol. The lowest BCUT2D eigenvalue weighted by Crippen LogP contribution is -2.31. The number of hydrogen-bond acceptors (Lipinski definition) is 5. The molecule has 2 rings (SSSR count). The fourth-order valence-corrected chi connectivity index (χ4v) is 3.14. The third-order valence-corrected chi connectivity index (χ3v) is 4.50. The van der Waals surface area contributed by atoms with E-state index in [1.807, 2.05) is 42.5 Å². The fourth-order valence-electron chi connectivity index (χ4n) is 3.14. The van der Waals surface area contributed by atoms with Gasteiger partial charge in [-0.2, -0.15) is 0 Å². The standard InChI is InChI=1S/C22H26O5/c1-4-15(14-19(21(24)26-5-2)22(25)27-6-3)20(23)18-13-9-11-16-10-7-8-12-17(16)18/h4,7-13,15,19-20,23H,1,5-6,14H2,2-3H3/t15-,20+/m0/s1. The van der Waals surface area contributed by atoms with Gasteiger partial charge < -0.3 is 14.6 Å². The summed E-state index contributed by atoms with van der Waals surface area (Å²) in [4.78, 5) is 24.5. The van der Waals surface area contributed by atoms with E-state index in [4.69, 9.17) is 9.47 Å². The van der Waals surface area contributed by atoms with Crippen molar-refractivity contribution in [1.82, 2.24) is 0 Å². The molecule has 0 bridgehead atoms. The van der Waals surface area contributed by atoms with E-state index in [1.165, 1.54) is 0 Å². The van der Waals surface area contributed by atoms with E-state index in [1.54, 1.807) is 19.9 Å². The largest absolute Gasteiger partial charge is 0.465 e. The highest BCUT2D eigenvalue weighted by Gasteiger charge is 2.34. The van der Waals surface area contributed by atoms with Gasteiger partial charge in [0.05, 0.1) is 19.3 Å². The van der Waals surface area contributed by atoms with E-state index < -0.39 is 29.9 Å². The van der Waals surface area contributed by atoms with Crippen molar-refractivity contribution in [2.24, 2.45) is 11.8 Å². The normalized spacial score (nSPS) is 13.2. The first-order chi connectivity index (χ1) is 13.0. The Morgan fingerprint density at radius 3 is 2.22 bits per heavy atom. The number of carbonyl (C=O) groups excluding carboxylic acids is 2. The lowest BCUT2D eigenvalue weighted by Gasteiger charge is -2.24. The van der Waals surface area contributed by atoms with Crippen LogP contribution in [0.5, 0.6) is 0 Å². The number of fused-ring (bicyclic) bond motifs is 1. The predicted molar refractivity (Wildman–Crippen MR) is 104 cm³/mol. The topological polar surface area (TPSA) is 72.8 Å². The van der Waals surface area contributed by atoms with E-state index in [-0.39, 0.29) is 19.6 Å². The van der Waals surface area contributed by atoms with E-state index in [0.717, 1.165) is 16.3 Å². The Hall–Kier alpha value is -2.66. The van der Waals surface area contributed by atoms with Gasteiger partial charge in [0.25, 0.3) is 0 Å². The summed E-state index contributed by atoms with van der Waals surface area (Å²) in [7, 11) is 0. The molecule has 2 atom stereocenters. The van der Waals surface area contributed by atoms with Crippen LogP contribution in [0.25, 0.3) is 10.8 Å². The quantitative estimate of drug-likeness (QED) is 0.413. The van der Waals surface area contributed by atoms with Crippen molar-refractivity contribution >= 4 is 22.7 Å². The number of aliphatic hydroxyl groups is 1. The molecule has 2 aromatic carbocycles. The van der Waals surface area contributed by atoms with Crippen LogP contribution >= 0.6 is 0 Å². The molecule has 5 heteroatoms. The molecule has 0 aliphatic rings. The Balaban J connectivity index is 2.31. The molecule has 0 aromatic heterocycles. The molecule has 0 fully saturated rings. The molecule has 0 radical (unpaired) electrons. The second kappa shape index (κ2) is 9.88. The van der Waals surface area contributed by atoms with Crippen LogP contribution in [-0.2, 0) is 19.1 Å². The first-order valence-electron chi connectivity index (χ1n) is 9.15. The van der Waals surface area contributed by atoms with Crippen LogP contribution in [0.15, 0.2) is 55.1 Å². The molecule has 0 saturated heterocycles. The summed E-state index contributed by atoms with van der Waals surface area (Å²) in [5, 5.41) is 12.9. The van der Waals surface area contributed by atoms with Crippen LogP contribution in [0, 0.1) is 11.8 Å². The van der Waals surface area contributed by atoms with Crippen LogP contribution < -0.4 is 0 Å². The van der Waals surface area contributed by atoms with Crippen molar-refractivity contribution in [1.29, 1.82) is 0 Å². The number of carbonyl (C=O) groups is 2. The number of hydrogen-bond donors (Lipinski definition) is 1. The van der Waals surface area contributed by atoms with Gasteiger partial charge in [-0.15, -0.1) is 6.58 Å². The molecular formula is C22H26O5.